The molecule has 226 valence electrons. The maximum absolute atomic E-state index is 13.6. The molecule has 0 aromatic heterocycles. The number of thioether (sulfide) groups is 1. The summed E-state index contributed by atoms with van der Waals surface area (Å²) in [6.45, 7) is 0. The summed E-state index contributed by atoms with van der Waals surface area (Å²) in [7, 11) is 4.48. The van der Waals surface area contributed by atoms with Crippen LogP contribution < -0.4 is 30.2 Å². The molecule has 3 N–H and O–H groups in total. The van der Waals surface area contributed by atoms with Crippen molar-refractivity contribution in [1.29, 1.82) is 0 Å². The highest BCUT2D eigenvalue weighted by atomic mass is 35.5. The number of carbonyl (C=O) groups is 3. The zero-order chi connectivity index (χ0) is 31.5. The fourth-order valence-electron chi connectivity index (χ4n) is 4.04. The molecule has 0 bridgehead atoms. The fraction of sp³-hybridized carbons (Fsp3) is 0.121. The number of anilines is 2. The summed E-state index contributed by atoms with van der Waals surface area (Å²) in [5, 5.41) is 8.88. The van der Waals surface area contributed by atoms with Gasteiger partial charge in [0.25, 0.3) is 11.8 Å². The molecule has 3 amide bonds. The van der Waals surface area contributed by atoms with Crippen LogP contribution in [0.15, 0.2) is 102 Å². The third kappa shape index (κ3) is 8.79. The molecule has 0 spiro atoms. The number of ether oxygens (including phenoxy) is 3. The van der Waals surface area contributed by atoms with E-state index in [1.807, 2.05) is 6.07 Å². The minimum atomic E-state index is -0.577. The number of rotatable bonds is 12. The number of amides is 3. The van der Waals surface area contributed by atoms with Crippen molar-refractivity contribution < 1.29 is 28.6 Å². The average molecular weight is 632 g/mol. The molecule has 0 aliphatic rings. The summed E-state index contributed by atoms with van der Waals surface area (Å²) < 4.78 is 16.3. The van der Waals surface area contributed by atoms with Crippen molar-refractivity contribution >= 4 is 58.5 Å². The molecule has 9 nitrogen and oxygen atoms in total. The van der Waals surface area contributed by atoms with Gasteiger partial charge in [0.15, 0.2) is 11.5 Å². The number of nitrogens with one attached hydrogen (secondary N) is 3. The van der Waals surface area contributed by atoms with Crippen molar-refractivity contribution in [1.82, 2.24) is 5.32 Å². The Morgan fingerprint density at radius 1 is 0.750 bits per heavy atom. The second kappa shape index (κ2) is 15.5. The van der Waals surface area contributed by atoms with Crippen LogP contribution in [0.2, 0.25) is 5.02 Å². The Bertz CT molecular complexity index is 1680. The van der Waals surface area contributed by atoms with Gasteiger partial charge in [-0.15, -0.1) is 11.8 Å². The zero-order valence-corrected chi connectivity index (χ0v) is 25.8. The van der Waals surface area contributed by atoms with Gasteiger partial charge in [-0.2, -0.15) is 0 Å². The SMILES string of the molecule is COc1cc(OC)c(OC)cc1/C=C(/NC(=O)c1ccccc1)C(=O)Nc1cccc(SCC(=O)Nc2cccc(Cl)c2)c1. The zero-order valence-electron chi connectivity index (χ0n) is 24.2. The quantitative estimate of drug-likeness (QED) is 0.121. The number of carbonyl (C=O) groups excluding carboxylic acids is 3. The first kappa shape index (κ1) is 32.0. The summed E-state index contributed by atoms with van der Waals surface area (Å²) in [5.41, 5.74) is 1.88. The minimum Gasteiger partial charge on any atom is -0.496 e. The third-order valence-corrected chi connectivity index (χ3v) is 7.36. The largest absolute Gasteiger partial charge is 0.496 e. The molecule has 4 aromatic carbocycles. The first-order valence-corrected chi connectivity index (χ1v) is 14.6. The Hall–Kier alpha value is -4.93. The van der Waals surface area contributed by atoms with Gasteiger partial charge in [0.05, 0.1) is 27.1 Å². The maximum atomic E-state index is 13.6. The predicted molar refractivity (Wildman–Crippen MR) is 174 cm³/mol. The molecule has 11 heteroatoms. The fourth-order valence-corrected chi connectivity index (χ4v) is 4.98. The van der Waals surface area contributed by atoms with E-state index >= 15 is 0 Å². The van der Waals surface area contributed by atoms with Crippen molar-refractivity contribution in [3.63, 3.8) is 0 Å². The smallest absolute Gasteiger partial charge is 0.272 e. The average Bonchev–Trinajstić information content (AvgIpc) is 3.03. The van der Waals surface area contributed by atoms with Gasteiger partial charge in [-0.1, -0.05) is 41.9 Å². The first-order valence-electron chi connectivity index (χ1n) is 13.3. The van der Waals surface area contributed by atoms with Crippen LogP contribution in [0.4, 0.5) is 11.4 Å². The van der Waals surface area contributed by atoms with E-state index in [9.17, 15) is 14.4 Å². The Balaban J connectivity index is 1.55. The number of methoxy groups -OCH3 is 3. The maximum Gasteiger partial charge on any atom is 0.272 e. The molecular weight excluding hydrogens is 602 g/mol. The lowest BCUT2D eigenvalue weighted by molar-refractivity contribution is -0.114. The van der Waals surface area contributed by atoms with Gasteiger partial charge in [-0.25, -0.2) is 0 Å². The number of halogens is 1. The highest BCUT2D eigenvalue weighted by Gasteiger charge is 2.18. The van der Waals surface area contributed by atoms with Gasteiger partial charge in [-0.3, -0.25) is 14.4 Å². The van der Waals surface area contributed by atoms with Crippen LogP contribution in [0, 0.1) is 0 Å². The lowest BCUT2D eigenvalue weighted by Gasteiger charge is -2.15. The molecule has 0 unspecified atom stereocenters. The van der Waals surface area contributed by atoms with Gasteiger partial charge < -0.3 is 30.2 Å². The van der Waals surface area contributed by atoms with Crippen LogP contribution in [-0.4, -0.2) is 44.8 Å². The van der Waals surface area contributed by atoms with Gasteiger partial charge in [0.2, 0.25) is 5.91 Å². The number of benzene rings is 4. The highest BCUT2D eigenvalue weighted by molar-refractivity contribution is 8.00. The summed E-state index contributed by atoms with van der Waals surface area (Å²) in [6, 6.07) is 25.7. The second-order valence-corrected chi connectivity index (χ2v) is 10.6. The van der Waals surface area contributed by atoms with Crippen LogP contribution in [-0.2, 0) is 9.59 Å². The topological polar surface area (TPSA) is 115 Å². The van der Waals surface area contributed by atoms with Crippen LogP contribution in [0.3, 0.4) is 0 Å². The Morgan fingerprint density at radius 2 is 1.41 bits per heavy atom. The Morgan fingerprint density at radius 3 is 2.09 bits per heavy atom. The minimum absolute atomic E-state index is 0.0386. The lowest BCUT2D eigenvalue weighted by Crippen LogP contribution is -2.30. The third-order valence-electron chi connectivity index (χ3n) is 6.13. The molecule has 0 saturated carbocycles. The molecule has 0 saturated heterocycles. The lowest BCUT2D eigenvalue weighted by atomic mass is 10.1. The van der Waals surface area contributed by atoms with E-state index in [1.165, 1.54) is 39.2 Å². The molecule has 0 atom stereocenters. The van der Waals surface area contributed by atoms with E-state index in [-0.39, 0.29) is 17.4 Å². The first-order chi connectivity index (χ1) is 21.3. The van der Waals surface area contributed by atoms with E-state index in [4.69, 9.17) is 25.8 Å². The molecule has 0 fully saturated rings. The number of hydrogen-bond donors (Lipinski definition) is 3. The van der Waals surface area contributed by atoms with Crippen molar-refractivity contribution in [3.8, 4) is 17.2 Å². The molecule has 0 aliphatic carbocycles. The summed E-state index contributed by atoms with van der Waals surface area (Å²) in [5.74, 6) is 0.143. The highest BCUT2D eigenvalue weighted by Crippen LogP contribution is 2.35. The van der Waals surface area contributed by atoms with Crippen molar-refractivity contribution in [2.24, 2.45) is 0 Å². The molecule has 0 radical (unpaired) electrons. The van der Waals surface area contributed by atoms with E-state index < -0.39 is 11.8 Å². The monoisotopic (exact) mass is 631 g/mol. The summed E-state index contributed by atoms with van der Waals surface area (Å²) in [4.78, 5) is 39.9. The molecule has 0 heterocycles. The van der Waals surface area contributed by atoms with Crippen LogP contribution in [0.5, 0.6) is 17.2 Å². The van der Waals surface area contributed by atoms with Crippen LogP contribution in [0.1, 0.15) is 15.9 Å². The molecule has 0 aliphatic heterocycles. The Kier molecular flexibility index (Phi) is 11.3. The van der Waals surface area contributed by atoms with Crippen molar-refractivity contribution in [2.45, 2.75) is 4.90 Å². The van der Waals surface area contributed by atoms with Crippen LogP contribution >= 0.6 is 23.4 Å². The van der Waals surface area contributed by atoms with E-state index in [1.54, 1.807) is 84.9 Å². The van der Waals surface area contributed by atoms with Gasteiger partial charge in [0.1, 0.15) is 11.4 Å². The summed E-state index contributed by atoms with van der Waals surface area (Å²) >= 11 is 7.29. The predicted octanol–water partition coefficient (Wildman–Crippen LogP) is 6.51. The molecule has 44 heavy (non-hydrogen) atoms. The normalized spacial score (nSPS) is 10.9. The Labute approximate surface area is 264 Å². The van der Waals surface area contributed by atoms with Crippen LogP contribution in [0.25, 0.3) is 6.08 Å². The number of hydrogen-bond acceptors (Lipinski definition) is 7. The second-order valence-electron chi connectivity index (χ2n) is 9.16. The summed E-state index contributed by atoms with van der Waals surface area (Å²) in [6.07, 6.45) is 1.50. The van der Waals surface area contributed by atoms with E-state index in [0.29, 0.717) is 44.8 Å². The van der Waals surface area contributed by atoms with E-state index in [0.717, 1.165) is 4.90 Å². The van der Waals surface area contributed by atoms with E-state index in [2.05, 4.69) is 16.0 Å². The molecule has 4 aromatic rings. The molecule has 4 rings (SSSR count). The van der Waals surface area contributed by atoms with Gasteiger partial charge >= 0.3 is 0 Å². The standard InChI is InChI=1S/C33H30ClN3O6S/c1-41-28-19-30(43-3)29(42-2)16-22(28)15-27(37-32(39)21-9-5-4-6-10-21)33(40)36-25-13-8-14-26(18-25)44-20-31(38)35-24-12-7-11-23(34)17-24/h4-19H,20H2,1-3H3,(H,35,38)(H,36,40)(H,37,39)/b27-15+. The van der Waals surface area contributed by atoms with Crippen molar-refractivity contribution in [2.75, 3.05) is 37.7 Å². The van der Waals surface area contributed by atoms with Gasteiger partial charge in [-0.05, 0) is 60.7 Å². The van der Waals surface area contributed by atoms with Crippen molar-refractivity contribution in [3.05, 3.63) is 113 Å². The van der Waals surface area contributed by atoms with Gasteiger partial charge in [0, 0.05) is 38.5 Å². The molecular formula is C33H30ClN3O6S.